The van der Waals surface area contributed by atoms with Crippen LogP contribution in [-0.2, 0) is 0 Å². The highest BCUT2D eigenvalue weighted by atomic mass is 16.4. The molecule has 0 spiro atoms. The van der Waals surface area contributed by atoms with Gasteiger partial charge in [0, 0.05) is 11.6 Å². The molecule has 104 valence electrons. The highest BCUT2D eigenvalue weighted by molar-refractivity contribution is 5.87. The summed E-state index contributed by atoms with van der Waals surface area (Å²) in [6.45, 7) is 0. The van der Waals surface area contributed by atoms with E-state index in [0.29, 0.717) is 5.82 Å². The van der Waals surface area contributed by atoms with Gasteiger partial charge in [-0.05, 0) is 24.3 Å². The first-order valence-electron chi connectivity index (χ1n) is 6.40. The van der Waals surface area contributed by atoms with Crippen LogP contribution in [0.1, 0.15) is 10.4 Å². The number of aromatic nitrogens is 2. The summed E-state index contributed by atoms with van der Waals surface area (Å²) in [6.07, 6.45) is 0. The lowest BCUT2D eigenvalue weighted by Gasteiger charge is -2.04. The molecule has 0 saturated heterocycles. The van der Waals surface area contributed by atoms with E-state index in [0.717, 1.165) is 16.9 Å². The van der Waals surface area contributed by atoms with Crippen LogP contribution in [0.25, 0.3) is 16.9 Å². The van der Waals surface area contributed by atoms with Crippen LogP contribution in [0, 0.1) is 0 Å². The minimum Gasteiger partial charge on any atom is -0.478 e. The van der Waals surface area contributed by atoms with Crippen LogP contribution in [0.15, 0.2) is 60.7 Å². The minimum atomic E-state index is -0.958. The molecule has 1 heterocycles. The predicted molar refractivity (Wildman–Crippen MR) is 80.4 cm³/mol. The van der Waals surface area contributed by atoms with E-state index in [4.69, 9.17) is 10.8 Å². The third kappa shape index (κ3) is 2.49. The summed E-state index contributed by atoms with van der Waals surface area (Å²) in [7, 11) is 0. The molecular formula is C16H13N3O2. The van der Waals surface area contributed by atoms with Crippen molar-refractivity contribution in [1.82, 2.24) is 9.78 Å². The Morgan fingerprint density at radius 1 is 1.05 bits per heavy atom. The molecule has 3 N–H and O–H groups in total. The summed E-state index contributed by atoms with van der Waals surface area (Å²) in [6, 6.07) is 17.9. The molecule has 0 saturated carbocycles. The Bertz CT molecular complexity index is 777. The van der Waals surface area contributed by atoms with Gasteiger partial charge >= 0.3 is 5.97 Å². The second-order valence-corrected chi connectivity index (χ2v) is 4.58. The van der Waals surface area contributed by atoms with Crippen molar-refractivity contribution in [3.8, 4) is 16.9 Å². The van der Waals surface area contributed by atoms with Crippen LogP contribution in [0.5, 0.6) is 0 Å². The maximum absolute atomic E-state index is 10.9. The fraction of sp³-hybridized carbons (Fsp3) is 0. The Balaban J connectivity index is 2.00. The molecule has 0 atom stereocenters. The Kier molecular flexibility index (Phi) is 3.16. The van der Waals surface area contributed by atoms with Gasteiger partial charge in [-0.3, -0.25) is 0 Å². The van der Waals surface area contributed by atoms with E-state index in [1.807, 2.05) is 30.3 Å². The summed E-state index contributed by atoms with van der Waals surface area (Å²) in [5.41, 5.74) is 8.69. The molecule has 0 fully saturated rings. The number of benzene rings is 2. The van der Waals surface area contributed by atoms with Gasteiger partial charge in [-0.2, -0.15) is 5.10 Å². The van der Waals surface area contributed by atoms with Crippen molar-refractivity contribution in [2.75, 3.05) is 5.73 Å². The molecule has 3 aromatic rings. The number of nitrogens with zero attached hydrogens (tertiary/aromatic N) is 2. The minimum absolute atomic E-state index is 0.229. The van der Waals surface area contributed by atoms with Crippen LogP contribution in [-0.4, -0.2) is 20.9 Å². The number of hydrogen-bond donors (Lipinski definition) is 2. The van der Waals surface area contributed by atoms with Gasteiger partial charge in [0.2, 0.25) is 0 Å². The smallest absolute Gasteiger partial charge is 0.335 e. The topological polar surface area (TPSA) is 81.1 Å². The van der Waals surface area contributed by atoms with Gasteiger partial charge in [0.1, 0.15) is 5.82 Å². The summed E-state index contributed by atoms with van der Waals surface area (Å²) >= 11 is 0. The summed E-state index contributed by atoms with van der Waals surface area (Å²) < 4.78 is 1.59. The van der Waals surface area contributed by atoms with Gasteiger partial charge in [0.05, 0.1) is 16.9 Å². The van der Waals surface area contributed by atoms with E-state index in [9.17, 15) is 4.79 Å². The Labute approximate surface area is 121 Å². The van der Waals surface area contributed by atoms with Gasteiger partial charge in [-0.25, -0.2) is 9.48 Å². The van der Waals surface area contributed by atoms with Crippen LogP contribution >= 0.6 is 0 Å². The van der Waals surface area contributed by atoms with Gasteiger partial charge in [0.15, 0.2) is 0 Å². The Morgan fingerprint density at radius 3 is 2.33 bits per heavy atom. The molecule has 0 aliphatic heterocycles. The van der Waals surface area contributed by atoms with Gasteiger partial charge in [-0.1, -0.05) is 30.3 Å². The standard InChI is InChI=1S/C16H13N3O2/c17-15-10-14(11-4-2-1-3-5-11)18-19(15)13-8-6-12(7-9-13)16(20)21/h1-10H,17H2,(H,20,21). The van der Waals surface area contributed by atoms with Crippen molar-refractivity contribution in [1.29, 1.82) is 0 Å². The van der Waals surface area contributed by atoms with Crippen LogP contribution in [0.4, 0.5) is 5.82 Å². The SMILES string of the molecule is Nc1cc(-c2ccccc2)nn1-c1ccc(C(=O)O)cc1. The molecule has 0 aliphatic rings. The van der Waals surface area contributed by atoms with Gasteiger partial charge in [-0.15, -0.1) is 0 Å². The van der Waals surface area contributed by atoms with Crippen molar-refractivity contribution in [3.05, 3.63) is 66.2 Å². The quantitative estimate of drug-likeness (QED) is 0.772. The largest absolute Gasteiger partial charge is 0.478 e. The number of carbonyl (C=O) groups is 1. The molecule has 1 aromatic heterocycles. The second kappa shape index (κ2) is 5.13. The van der Waals surface area contributed by atoms with Gasteiger partial charge < -0.3 is 10.8 Å². The average molecular weight is 279 g/mol. The number of nitrogens with two attached hydrogens (primary N) is 1. The van der Waals surface area contributed by atoms with Crippen molar-refractivity contribution < 1.29 is 9.90 Å². The number of carboxylic acid groups (broad SMARTS) is 1. The monoisotopic (exact) mass is 279 g/mol. The molecule has 0 aliphatic carbocycles. The number of aromatic carboxylic acids is 1. The van der Waals surface area contributed by atoms with Crippen molar-refractivity contribution in [2.45, 2.75) is 0 Å². The van der Waals surface area contributed by atoms with Crippen molar-refractivity contribution in [3.63, 3.8) is 0 Å². The van der Waals surface area contributed by atoms with E-state index >= 15 is 0 Å². The molecule has 0 amide bonds. The first-order valence-corrected chi connectivity index (χ1v) is 6.40. The Morgan fingerprint density at radius 2 is 1.71 bits per heavy atom. The zero-order valence-corrected chi connectivity index (χ0v) is 11.1. The number of carboxylic acids is 1. The van der Waals surface area contributed by atoms with Crippen LogP contribution in [0.3, 0.4) is 0 Å². The first kappa shape index (κ1) is 12.9. The maximum Gasteiger partial charge on any atom is 0.335 e. The average Bonchev–Trinajstić information content (AvgIpc) is 2.90. The highest BCUT2D eigenvalue weighted by Gasteiger charge is 2.09. The molecule has 0 unspecified atom stereocenters. The van der Waals surface area contributed by atoms with E-state index in [1.54, 1.807) is 22.9 Å². The zero-order chi connectivity index (χ0) is 14.8. The number of hydrogen-bond acceptors (Lipinski definition) is 3. The first-order chi connectivity index (χ1) is 10.1. The second-order valence-electron chi connectivity index (χ2n) is 4.58. The molecule has 5 nitrogen and oxygen atoms in total. The third-order valence-corrected chi connectivity index (χ3v) is 3.17. The molecule has 5 heteroatoms. The van der Waals surface area contributed by atoms with Crippen LogP contribution in [0.2, 0.25) is 0 Å². The molecule has 3 rings (SSSR count). The van der Waals surface area contributed by atoms with Crippen molar-refractivity contribution in [2.24, 2.45) is 0 Å². The van der Waals surface area contributed by atoms with E-state index in [-0.39, 0.29) is 5.56 Å². The number of nitrogen functional groups attached to an aromatic ring is 1. The van der Waals surface area contributed by atoms with E-state index in [1.165, 1.54) is 12.1 Å². The summed E-state index contributed by atoms with van der Waals surface area (Å²) in [5, 5.41) is 13.4. The molecule has 2 aromatic carbocycles. The Hall–Kier alpha value is -3.08. The lowest BCUT2D eigenvalue weighted by Crippen LogP contribution is -2.03. The molecular weight excluding hydrogens is 266 g/mol. The fourth-order valence-electron chi connectivity index (χ4n) is 2.10. The highest BCUT2D eigenvalue weighted by Crippen LogP contribution is 2.22. The van der Waals surface area contributed by atoms with Crippen LogP contribution < -0.4 is 5.73 Å². The fourth-order valence-corrected chi connectivity index (χ4v) is 2.10. The number of rotatable bonds is 3. The molecule has 0 bridgehead atoms. The predicted octanol–water partition coefficient (Wildman–Crippen LogP) is 2.82. The van der Waals surface area contributed by atoms with Crippen molar-refractivity contribution >= 4 is 11.8 Å². The summed E-state index contributed by atoms with van der Waals surface area (Å²) in [4.78, 5) is 10.9. The lowest BCUT2D eigenvalue weighted by molar-refractivity contribution is 0.0697. The maximum atomic E-state index is 10.9. The van der Waals surface area contributed by atoms with E-state index in [2.05, 4.69) is 5.10 Å². The van der Waals surface area contributed by atoms with E-state index < -0.39 is 5.97 Å². The molecule has 21 heavy (non-hydrogen) atoms. The normalized spacial score (nSPS) is 10.5. The third-order valence-electron chi connectivity index (χ3n) is 3.17. The zero-order valence-electron chi connectivity index (χ0n) is 11.1. The molecule has 0 radical (unpaired) electrons. The number of anilines is 1. The lowest BCUT2D eigenvalue weighted by atomic mass is 10.2. The van der Waals surface area contributed by atoms with Gasteiger partial charge in [0.25, 0.3) is 0 Å². The summed E-state index contributed by atoms with van der Waals surface area (Å²) in [5.74, 6) is -0.461.